The van der Waals surface area contributed by atoms with Crippen LogP contribution >= 0.6 is 38.9 Å². The zero-order valence-corrected chi connectivity index (χ0v) is 13.4. The maximum absolute atomic E-state index is 5.99. The Balaban J connectivity index is 2.08. The number of thiophene rings is 1. The highest BCUT2D eigenvalue weighted by Gasteiger charge is 2.08. The average molecular weight is 345 g/mol. The Kier molecular flexibility index (Phi) is 5.10. The van der Waals surface area contributed by atoms with Gasteiger partial charge in [-0.2, -0.15) is 0 Å². The van der Waals surface area contributed by atoms with Crippen LogP contribution in [0.1, 0.15) is 10.4 Å². The van der Waals surface area contributed by atoms with E-state index >= 15 is 0 Å². The Morgan fingerprint density at radius 1 is 1.33 bits per heavy atom. The monoisotopic (exact) mass is 343 g/mol. The van der Waals surface area contributed by atoms with Crippen LogP contribution in [0.25, 0.3) is 0 Å². The first kappa shape index (κ1) is 13.9. The molecule has 0 bridgehead atoms. The summed E-state index contributed by atoms with van der Waals surface area (Å²) in [5, 5.41) is 2.12. The number of likely N-dealkylation sites (N-methyl/N-ethyl adjacent to an activating group) is 1. The van der Waals surface area contributed by atoms with Crippen molar-refractivity contribution in [2.24, 2.45) is 0 Å². The number of rotatable bonds is 5. The molecule has 18 heavy (non-hydrogen) atoms. The predicted octanol–water partition coefficient (Wildman–Crippen LogP) is 4.93. The Morgan fingerprint density at radius 2 is 2.17 bits per heavy atom. The highest BCUT2D eigenvalue weighted by molar-refractivity contribution is 9.10. The number of hydrogen-bond donors (Lipinski definition) is 0. The zero-order valence-electron chi connectivity index (χ0n) is 10.2. The molecule has 0 aliphatic heterocycles. The third-order valence-corrected chi connectivity index (χ3v) is 4.59. The zero-order chi connectivity index (χ0) is 13.0. The minimum Gasteiger partial charge on any atom is -0.374 e. The van der Waals surface area contributed by atoms with Crippen LogP contribution < -0.4 is 4.90 Å². The van der Waals surface area contributed by atoms with Crippen LogP contribution in [-0.4, -0.2) is 13.6 Å². The van der Waals surface area contributed by atoms with E-state index in [1.54, 1.807) is 0 Å². The van der Waals surface area contributed by atoms with Gasteiger partial charge in [-0.1, -0.05) is 28.1 Å². The van der Waals surface area contributed by atoms with E-state index in [4.69, 9.17) is 11.6 Å². The van der Waals surface area contributed by atoms with Crippen molar-refractivity contribution < 1.29 is 0 Å². The van der Waals surface area contributed by atoms with Crippen molar-refractivity contribution in [3.8, 4) is 0 Å². The van der Waals surface area contributed by atoms with Gasteiger partial charge in [-0.05, 0) is 35.6 Å². The number of nitrogens with zero attached hydrogens (tertiary/aromatic N) is 1. The molecule has 0 aliphatic rings. The quantitative estimate of drug-likeness (QED) is 0.695. The molecule has 96 valence electrons. The fourth-order valence-corrected chi connectivity index (χ4v) is 3.13. The number of halogens is 2. The van der Waals surface area contributed by atoms with Gasteiger partial charge in [0.15, 0.2) is 0 Å². The third kappa shape index (κ3) is 3.50. The van der Waals surface area contributed by atoms with Crippen LogP contribution in [0, 0.1) is 0 Å². The van der Waals surface area contributed by atoms with Crippen molar-refractivity contribution in [1.82, 2.24) is 0 Å². The second-order valence-electron chi connectivity index (χ2n) is 4.16. The molecule has 1 aromatic heterocycles. The summed E-state index contributed by atoms with van der Waals surface area (Å²) in [6, 6.07) is 10.5. The van der Waals surface area contributed by atoms with E-state index in [1.807, 2.05) is 17.4 Å². The second kappa shape index (κ2) is 6.60. The molecule has 0 N–H and O–H groups in total. The summed E-state index contributed by atoms with van der Waals surface area (Å²) >= 11 is 11.3. The minimum atomic E-state index is 0.548. The molecule has 0 saturated heterocycles. The van der Waals surface area contributed by atoms with Crippen LogP contribution in [0.5, 0.6) is 0 Å². The molecule has 0 radical (unpaired) electrons. The Bertz CT molecular complexity index is 499. The fourth-order valence-electron chi connectivity index (χ4n) is 1.86. The molecule has 2 aromatic rings. The summed E-state index contributed by atoms with van der Waals surface area (Å²) < 4.78 is 1.09. The lowest BCUT2D eigenvalue weighted by molar-refractivity contribution is 0.882. The van der Waals surface area contributed by atoms with E-state index in [-0.39, 0.29) is 0 Å². The second-order valence-corrected chi connectivity index (χ2v) is 6.37. The first-order valence-corrected chi connectivity index (χ1v) is 7.99. The standard InChI is InChI=1S/C14H15BrClNS/c1-17(7-6-13-3-2-8-18-13)14-9-12(15)5-4-11(14)10-16/h2-5,8-9H,6-7,10H2,1H3. The molecule has 4 heteroatoms. The Morgan fingerprint density at radius 3 is 2.83 bits per heavy atom. The van der Waals surface area contributed by atoms with Gasteiger partial charge < -0.3 is 4.90 Å². The molecule has 0 spiro atoms. The number of alkyl halides is 1. The van der Waals surface area contributed by atoms with E-state index in [9.17, 15) is 0 Å². The Labute approximate surface area is 126 Å². The smallest absolute Gasteiger partial charge is 0.0494 e. The van der Waals surface area contributed by atoms with Crippen molar-refractivity contribution in [2.45, 2.75) is 12.3 Å². The molecular weight excluding hydrogens is 330 g/mol. The average Bonchev–Trinajstić information content (AvgIpc) is 2.89. The molecule has 1 heterocycles. The SMILES string of the molecule is CN(CCc1cccs1)c1cc(Br)ccc1CCl. The van der Waals surface area contributed by atoms with Gasteiger partial charge >= 0.3 is 0 Å². The molecule has 0 amide bonds. The molecule has 0 atom stereocenters. The van der Waals surface area contributed by atoms with Crippen molar-refractivity contribution in [1.29, 1.82) is 0 Å². The van der Waals surface area contributed by atoms with Gasteiger partial charge in [-0.3, -0.25) is 0 Å². The number of hydrogen-bond acceptors (Lipinski definition) is 2. The summed E-state index contributed by atoms with van der Waals surface area (Å²) in [6.45, 7) is 1.00. The fraction of sp³-hybridized carbons (Fsp3) is 0.286. The molecule has 0 aliphatic carbocycles. The number of anilines is 1. The Hall–Kier alpha value is -0.510. The highest BCUT2D eigenvalue weighted by Crippen LogP contribution is 2.26. The minimum absolute atomic E-state index is 0.548. The lowest BCUT2D eigenvalue weighted by Crippen LogP contribution is -2.21. The molecular formula is C14H15BrClNS. The van der Waals surface area contributed by atoms with Crippen molar-refractivity contribution in [2.75, 3.05) is 18.5 Å². The summed E-state index contributed by atoms with van der Waals surface area (Å²) in [6.07, 6.45) is 1.07. The van der Waals surface area contributed by atoms with E-state index in [0.717, 1.165) is 17.4 Å². The molecule has 0 unspecified atom stereocenters. The van der Waals surface area contributed by atoms with E-state index in [0.29, 0.717) is 5.88 Å². The maximum Gasteiger partial charge on any atom is 0.0494 e. The molecule has 0 fully saturated rings. The lowest BCUT2D eigenvalue weighted by Gasteiger charge is -2.22. The number of benzene rings is 1. The highest BCUT2D eigenvalue weighted by atomic mass is 79.9. The summed E-state index contributed by atoms with van der Waals surface area (Å²) in [5.74, 6) is 0.548. The van der Waals surface area contributed by atoms with E-state index in [2.05, 4.69) is 57.5 Å². The normalized spacial score (nSPS) is 10.6. The summed E-state index contributed by atoms with van der Waals surface area (Å²) in [7, 11) is 2.12. The van der Waals surface area contributed by atoms with Gasteiger partial charge in [-0.25, -0.2) is 0 Å². The van der Waals surface area contributed by atoms with Gasteiger partial charge in [0.25, 0.3) is 0 Å². The van der Waals surface area contributed by atoms with E-state index < -0.39 is 0 Å². The van der Waals surface area contributed by atoms with Gasteiger partial charge in [0.1, 0.15) is 0 Å². The van der Waals surface area contributed by atoms with Gasteiger partial charge in [-0.15, -0.1) is 22.9 Å². The molecule has 2 rings (SSSR count). The van der Waals surface area contributed by atoms with Crippen LogP contribution in [0.3, 0.4) is 0 Å². The first-order valence-electron chi connectivity index (χ1n) is 5.78. The van der Waals surface area contributed by atoms with Gasteiger partial charge in [0.2, 0.25) is 0 Å². The topological polar surface area (TPSA) is 3.24 Å². The van der Waals surface area contributed by atoms with Crippen molar-refractivity contribution in [3.63, 3.8) is 0 Å². The third-order valence-electron chi connectivity index (χ3n) is 2.88. The van der Waals surface area contributed by atoms with E-state index in [1.165, 1.54) is 16.1 Å². The predicted molar refractivity (Wildman–Crippen MR) is 85.0 cm³/mol. The van der Waals surface area contributed by atoms with Crippen LogP contribution in [0.15, 0.2) is 40.2 Å². The summed E-state index contributed by atoms with van der Waals surface area (Å²) in [4.78, 5) is 3.69. The van der Waals surface area contributed by atoms with Crippen LogP contribution in [-0.2, 0) is 12.3 Å². The summed E-state index contributed by atoms with van der Waals surface area (Å²) in [5.41, 5.74) is 2.38. The van der Waals surface area contributed by atoms with Crippen molar-refractivity contribution in [3.05, 3.63) is 50.6 Å². The largest absolute Gasteiger partial charge is 0.374 e. The van der Waals surface area contributed by atoms with Crippen molar-refractivity contribution >= 4 is 44.6 Å². The first-order chi connectivity index (χ1) is 8.70. The molecule has 0 saturated carbocycles. The molecule has 1 aromatic carbocycles. The van der Waals surface area contributed by atoms with Gasteiger partial charge in [0, 0.05) is 34.5 Å². The van der Waals surface area contributed by atoms with Crippen LogP contribution in [0.4, 0.5) is 5.69 Å². The van der Waals surface area contributed by atoms with Gasteiger partial charge in [0.05, 0.1) is 0 Å². The lowest BCUT2D eigenvalue weighted by atomic mass is 10.2. The molecule has 1 nitrogen and oxygen atoms in total. The van der Waals surface area contributed by atoms with Crippen LogP contribution in [0.2, 0.25) is 0 Å². The maximum atomic E-state index is 5.99.